The maximum absolute atomic E-state index is 12.0. The number of anilines is 1. The Kier molecular flexibility index (Phi) is 5.08. The van der Waals surface area contributed by atoms with Crippen LogP contribution in [0.25, 0.3) is 0 Å². The number of halogens is 1. The van der Waals surface area contributed by atoms with Gasteiger partial charge < -0.3 is 15.4 Å². The largest absolute Gasteiger partial charge is 0.495 e. The van der Waals surface area contributed by atoms with Gasteiger partial charge in [0.2, 0.25) is 11.8 Å². The fourth-order valence-corrected chi connectivity index (χ4v) is 3.25. The summed E-state index contributed by atoms with van der Waals surface area (Å²) in [6.07, 6.45) is 0.0431. The molecule has 0 bridgehead atoms. The second-order valence-corrected chi connectivity index (χ2v) is 6.72. The third-order valence-corrected chi connectivity index (χ3v) is 4.67. The number of hydrogen-bond donors (Lipinski definition) is 2. The standard InChI is InChI=1S/C13H13ClN2O3S2/c1-6-3-8(9(19-2)4-7(6)14)15-11(17)5-10-12(18)16-13(20)21-10/h3-4,10H,5H2,1-2H3,(H,15,17)(H,16,18,20). The van der Waals surface area contributed by atoms with Crippen molar-refractivity contribution in [3.63, 3.8) is 0 Å². The van der Waals surface area contributed by atoms with Crippen molar-refractivity contribution in [3.8, 4) is 5.75 Å². The molecule has 5 nitrogen and oxygen atoms in total. The summed E-state index contributed by atoms with van der Waals surface area (Å²) in [6.45, 7) is 1.83. The van der Waals surface area contributed by atoms with Crippen molar-refractivity contribution in [2.24, 2.45) is 0 Å². The number of thioether (sulfide) groups is 1. The molecule has 0 aliphatic carbocycles. The van der Waals surface area contributed by atoms with Crippen molar-refractivity contribution >= 4 is 57.4 Å². The molecule has 112 valence electrons. The lowest BCUT2D eigenvalue weighted by molar-refractivity contribution is -0.122. The summed E-state index contributed by atoms with van der Waals surface area (Å²) in [6, 6.07) is 3.37. The second kappa shape index (κ2) is 6.64. The van der Waals surface area contributed by atoms with Gasteiger partial charge in [0.1, 0.15) is 10.1 Å². The SMILES string of the molecule is COc1cc(Cl)c(C)cc1NC(=O)CC1SC(=S)NC1=O. The number of thiocarbonyl (C=S) groups is 1. The van der Waals surface area contributed by atoms with Crippen LogP contribution in [0, 0.1) is 6.92 Å². The molecule has 1 heterocycles. The zero-order valence-corrected chi connectivity index (χ0v) is 13.7. The molecular formula is C13H13ClN2O3S2. The van der Waals surface area contributed by atoms with Crippen LogP contribution in [-0.2, 0) is 9.59 Å². The summed E-state index contributed by atoms with van der Waals surface area (Å²) in [4.78, 5) is 23.6. The van der Waals surface area contributed by atoms with Crippen LogP contribution >= 0.6 is 35.6 Å². The van der Waals surface area contributed by atoms with Crippen LogP contribution in [-0.4, -0.2) is 28.5 Å². The minimum atomic E-state index is -0.489. The number of hydrogen-bond acceptors (Lipinski definition) is 5. The molecule has 1 saturated heterocycles. The van der Waals surface area contributed by atoms with Gasteiger partial charge in [-0.25, -0.2) is 0 Å². The Morgan fingerprint density at radius 1 is 1.57 bits per heavy atom. The van der Waals surface area contributed by atoms with E-state index in [1.807, 2.05) is 6.92 Å². The molecule has 2 amide bonds. The molecular weight excluding hydrogens is 332 g/mol. The van der Waals surface area contributed by atoms with Crippen molar-refractivity contribution in [3.05, 3.63) is 22.7 Å². The van der Waals surface area contributed by atoms with E-state index in [4.69, 9.17) is 28.6 Å². The first-order valence-corrected chi connectivity index (χ1v) is 7.72. The first-order chi connectivity index (χ1) is 9.90. The highest BCUT2D eigenvalue weighted by molar-refractivity contribution is 8.24. The van der Waals surface area contributed by atoms with Gasteiger partial charge in [-0.05, 0) is 18.6 Å². The smallest absolute Gasteiger partial charge is 0.239 e. The van der Waals surface area contributed by atoms with Crippen molar-refractivity contribution in [1.29, 1.82) is 0 Å². The fourth-order valence-electron chi connectivity index (χ4n) is 1.83. The Hall–Kier alpha value is -1.31. The van der Waals surface area contributed by atoms with Crippen LogP contribution in [0.1, 0.15) is 12.0 Å². The van der Waals surface area contributed by atoms with Crippen LogP contribution in [0.4, 0.5) is 5.69 Å². The summed E-state index contributed by atoms with van der Waals surface area (Å²) in [5, 5.41) is 5.31. The van der Waals surface area contributed by atoms with Gasteiger partial charge in [0.25, 0.3) is 0 Å². The lowest BCUT2D eigenvalue weighted by atomic mass is 10.2. The average Bonchev–Trinajstić information content (AvgIpc) is 2.71. The Bertz CT molecular complexity index is 622. The molecule has 1 aliphatic heterocycles. The number of amides is 2. The quantitative estimate of drug-likeness (QED) is 0.821. The number of carbonyl (C=O) groups excluding carboxylic acids is 2. The number of methoxy groups -OCH3 is 1. The Morgan fingerprint density at radius 3 is 2.86 bits per heavy atom. The van der Waals surface area contributed by atoms with E-state index in [0.29, 0.717) is 20.8 Å². The number of ether oxygens (including phenoxy) is 1. The molecule has 1 aromatic rings. The number of benzene rings is 1. The monoisotopic (exact) mass is 344 g/mol. The number of carbonyl (C=O) groups is 2. The van der Waals surface area contributed by atoms with Crippen LogP contribution in [0.2, 0.25) is 5.02 Å². The fraction of sp³-hybridized carbons (Fsp3) is 0.308. The topological polar surface area (TPSA) is 67.4 Å². The Morgan fingerprint density at radius 2 is 2.29 bits per heavy atom. The van der Waals surface area contributed by atoms with E-state index in [-0.39, 0.29) is 18.2 Å². The summed E-state index contributed by atoms with van der Waals surface area (Å²) in [5.41, 5.74) is 1.34. The lowest BCUT2D eigenvalue weighted by Gasteiger charge is -2.13. The van der Waals surface area contributed by atoms with Gasteiger partial charge >= 0.3 is 0 Å². The maximum Gasteiger partial charge on any atom is 0.239 e. The summed E-state index contributed by atoms with van der Waals surface area (Å²) < 4.78 is 5.59. The van der Waals surface area contributed by atoms with Gasteiger partial charge in [-0.15, -0.1) is 0 Å². The molecule has 2 rings (SSSR count). The van der Waals surface area contributed by atoms with E-state index in [1.54, 1.807) is 12.1 Å². The van der Waals surface area contributed by atoms with Gasteiger partial charge in [-0.3, -0.25) is 9.59 Å². The van der Waals surface area contributed by atoms with Crippen molar-refractivity contribution < 1.29 is 14.3 Å². The molecule has 0 spiro atoms. The number of rotatable bonds is 4. The molecule has 1 aromatic carbocycles. The minimum Gasteiger partial charge on any atom is -0.495 e. The van der Waals surface area contributed by atoms with E-state index < -0.39 is 5.25 Å². The highest BCUT2D eigenvalue weighted by Gasteiger charge is 2.31. The van der Waals surface area contributed by atoms with Gasteiger partial charge in [0.15, 0.2) is 0 Å². The van der Waals surface area contributed by atoms with Gasteiger partial charge in [-0.1, -0.05) is 35.6 Å². The van der Waals surface area contributed by atoms with Crippen LogP contribution < -0.4 is 15.4 Å². The number of aryl methyl sites for hydroxylation is 1. The highest BCUT2D eigenvalue weighted by atomic mass is 35.5. The van der Waals surface area contributed by atoms with Gasteiger partial charge in [-0.2, -0.15) is 0 Å². The zero-order valence-electron chi connectivity index (χ0n) is 11.4. The molecule has 0 aromatic heterocycles. The van der Waals surface area contributed by atoms with Crippen molar-refractivity contribution in [1.82, 2.24) is 5.32 Å². The molecule has 21 heavy (non-hydrogen) atoms. The first-order valence-electron chi connectivity index (χ1n) is 6.06. The zero-order chi connectivity index (χ0) is 15.6. The van der Waals surface area contributed by atoms with Gasteiger partial charge in [0.05, 0.1) is 18.0 Å². The molecule has 8 heteroatoms. The molecule has 0 radical (unpaired) electrons. The van der Waals surface area contributed by atoms with Crippen molar-refractivity contribution in [2.45, 2.75) is 18.6 Å². The average molecular weight is 345 g/mol. The third-order valence-electron chi connectivity index (χ3n) is 2.89. The van der Waals surface area contributed by atoms with E-state index in [1.165, 1.54) is 18.9 Å². The summed E-state index contributed by atoms with van der Waals surface area (Å²) >= 11 is 12.1. The molecule has 2 N–H and O–H groups in total. The van der Waals surface area contributed by atoms with Crippen LogP contribution in [0.15, 0.2) is 12.1 Å². The second-order valence-electron chi connectivity index (χ2n) is 4.44. The molecule has 1 fully saturated rings. The maximum atomic E-state index is 12.0. The lowest BCUT2D eigenvalue weighted by Crippen LogP contribution is -2.27. The van der Waals surface area contributed by atoms with Gasteiger partial charge in [0, 0.05) is 17.5 Å². The Balaban J connectivity index is 2.08. The third kappa shape index (κ3) is 3.87. The highest BCUT2D eigenvalue weighted by Crippen LogP contribution is 2.31. The molecule has 1 atom stereocenters. The summed E-state index contributed by atoms with van der Waals surface area (Å²) in [7, 11) is 1.50. The molecule has 1 unspecified atom stereocenters. The Labute approximate surface area is 136 Å². The number of nitrogens with one attached hydrogen (secondary N) is 2. The van der Waals surface area contributed by atoms with E-state index >= 15 is 0 Å². The molecule has 0 saturated carbocycles. The van der Waals surface area contributed by atoms with E-state index in [9.17, 15) is 9.59 Å². The normalized spacial score (nSPS) is 17.6. The predicted molar refractivity (Wildman–Crippen MR) is 88.1 cm³/mol. The van der Waals surface area contributed by atoms with E-state index in [2.05, 4.69) is 10.6 Å². The predicted octanol–water partition coefficient (Wildman–Crippen LogP) is 2.50. The molecule has 1 aliphatic rings. The summed E-state index contributed by atoms with van der Waals surface area (Å²) in [5.74, 6) is -0.0511. The van der Waals surface area contributed by atoms with Crippen LogP contribution in [0.3, 0.4) is 0 Å². The first kappa shape index (κ1) is 16.1. The van der Waals surface area contributed by atoms with Crippen LogP contribution in [0.5, 0.6) is 5.75 Å². The minimum absolute atomic E-state index is 0.0431. The van der Waals surface area contributed by atoms with Crippen molar-refractivity contribution in [2.75, 3.05) is 12.4 Å². The van der Waals surface area contributed by atoms with E-state index in [0.717, 1.165) is 5.56 Å².